The summed E-state index contributed by atoms with van der Waals surface area (Å²) in [6.07, 6.45) is 2.40. The fourth-order valence-electron chi connectivity index (χ4n) is 3.18. The van der Waals surface area contributed by atoms with Crippen LogP contribution in [0.15, 0.2) is 48.5 Å². The Balaban J connectivity index is 1.56. The molecule has 0 spiro atoms. The van der Waals surface area contributed by atoms with Crippen molar-refractivity contribution in [3.8, 4) is 5.75 Å². The molecule has 0 aliphatic carbocycles. The highest BCUT2D eigenvalue weighted by atomic mass is 35.5. The van der Waals surface area contributed by atoms with E-state index in [2.05, 4.69) is 22.3 Å². The van der Waals surface area contributed by atoms with Crippen LogP contribution < -0.4 is 10.1 Å². The number of benzene rings is 2. The second kappa shape index (κ2) is 9.26. The van der Waals surface area contributed by atoms with Gasteiger partial charge in [0.1, 0.15) is 5.75 Å². The van der Waals surface area contributed by atoms with E-state index in [0.717, 1.165) is 13.1 Å². The highest BCUT2D eigenvalue weighted by molar-refractivity contribution is 6.34. The third-order valence-corrected chi connectivity index (χ3v) is 5.06. The maximum atomic E-state index is 12.2. The lowest BCUT2D eigenvalue weighted by atomic mass is 10.1. The largest absolute Gasteiger partial charge is 0.482 e. The molecule has 0 bridgehead atoms. The van der Waals surface area contributed by atoms with Crippen molar-refractivity contribution in [2.24, 2.45) is 0 Å². The predicted octanol–water partition coefficient (Wildman–Crippen LogP) is 4.33. The molecule has 0 radical (unpaired) electrons. The van der Waals surface area contributed by atoms with Gasteiger partial charge in [-0.25, -0.2) is 0 Å². The molecule has 2 aromatic rings. The van der Waals surface area contributed by atoms with Gasteiger partial charge in [0.05, 0.1) is 11.1 Å². The third-order valence-electron chi connectivity index (χ3n) is 4.51. The first kappa shape index (κ1) is 19.0. The van der Waals surface area contributed by atoms with Crippen LogP contribution in [-0.4, -0.2) is 37.0 Å². The van der Waals surface area contributed by atoms with Crippen LogP contribution in [0.25, 0.3) is 0 Å². The summed E-state index contributed by atoms with van der Waals surface area (Å²) in [5, 5.41) is 3.93. The van der Waals surface area contributed by atoms with E-state index in [1.165, 1.54) is 18.4 Å². The molecule has 1 aliphatic rings. The van der Waals surface area contributed by atoms with Crippen molar-refractivity contribution in [2.45, 2.75) is 18.9 Å². The van der Waals surface area contributed by atoms with Crippen molar-refractivity contribution in [1.29, 1.82) is 0 Å². The van der Waals surface area contributed by atoms with Crippen LogP contribution in [0, 0.1) is 0 Å². The smallest absolute Gasteiger partial charge is 0.258 e. The molecule has 4 nitrogen and oxygen atoms in total. The Kier molecular flexibility index (Phi) is 6.78. The molecule has 1 unspecified atom stereocenters. The summed E-state index contributed by atoms with van der Waals surface area (Å²) < 4.78 is 5.50. The molecule has 0 saturated carbocycles. The Hall–Kier alpha value is -1.75. The summed E-state index contributed by atoms with van der Waals surface area (Å²) >= 11 is 12.0. The maximum absolute atomic E-state index is 12.2. The molecule has 1 saturated heterocycles. The topological polar surface area (TPSA) is 41.6 Å². The van der Waals surface area contributed by atoms with E-state index in [4.69, 9.17) is 27.9 Å². The Morgan fingerprint density at radius 1 is 1.12 bits per heavy atom. The summed E-state index contributed by atoms with van der Waals surface area (Å²) in [4.78, 5) is 14.7. The minimum Gasteiger partial charge on any atom is -0.482 e. The normalized spacial score (nSPS) is 15.6. The molecule has 1 aliphatic heterocycles. The van der Waals surface area contributed by atoms with Gasteiger partial charge in [0.15, 0.2) is 6.61 Å². The number of likely N-dealkylation sites (tertiary alicyclic amines) is 1. The number of carbonyl (C=O) groups excluding carboxylic acids is 1. The van der Waals surface area contributed by atoms with Crippen LogP contribution in [0.5, 0.6) is 5.75 Å². The third kappa shape index (κ3) is 5.13. The van der Waals surface area contributed by atoms with E-state index >= 15 is 0 Å². The first-order valence-electron chi connectivity index (χ1n) is 8.77. The molecule has 1 atom stereocenters. The first-order valence-corrected chi connectivity index (χ1v) is 9.52. The SMILES string of the molecule is O=C(COc1cc(Cl)ccc1Cl)NCC(c1ccccc1)N1CCCC1. The van der Waals surface area contributed by atoms with Gasteiger partial charge >= 0.3 is 0 Å². The van der Waals surface area contributed by atoms with Crippen molar-refractivity contribution in [2.75, 3.05) is 26.2 Å². The number of halogens is 2. The van der Waals surface area contributed by atoms with Crippen molar-refractivity contribution < 1.29 is 9.53 Å². The number of ether oxygens (including phenoxy) is 1. The standard InChI is InChI=1S/C20H22Cl2N2O2/c21-16-8-9-17(22)19(12-16)26-14-20(25)23-13-18(24-10-4-5-11-24)15-6-2-1-3-7-15/h1-3,6-9,12,18H,4-5,10-11,13-14H2,(H,23,25). The van der Waals surface area contributed by atoms with Crippen LogP contribution in [0.1, 0.15) is 24.4 Å². The van der Waals surface area contributed by atoms with Crippen LogP contribution in [0.4, 0.5) is 0 Å². The summed E-state index contributed by atoms with van der Waals surface area (Å²) in [6.45, 7) is 2.57. The van der Waals surface area contributed by atoms with Gasteiger partial charge < -0.3 is 10.1 Å². The number of rotatable bonds is 7. The van der Waals surface area contributed by atoms with Crippen LogP contribution >= 0.6 is 23.2 Å². The molecule has 26 heavy (non-hydrogen) atoms. The Morgan fingerprint density at radius 3 is 2.58 bits per heavy atom. The Morgan fingerprint density at radius 2 is 1.85 bits per heavy atom. The number of hydrogen-bond donors (Lipinski definition) is 1. The maximum Gasteiger partial charge on any atom is 0.258 e. The molecule has 1 fully saturated rings. The minimum absolute atomic E-state index is 0.0957. The van der Waals surface area contributed by atoms with Gasteiger partial charge in [-0.3, -0.25) is 9.69 Å². The highest BCUT2D eigenvalue weighted by Gasteiger charge is 2.23. The highest BCUT2D eigenvalue weighted by Crippen LogP contribution is 2.27. The molecular weight excluding hydrogens is 371 g/mol. The summed E-state index contributed by atoms with van der Waals surface area (Å²) in [7, 11) is 0. The average molecular weight is 393 g/mol. The van der Waals surface area contributed by atoms with E-state index in [0.29, 0.717) is 22.3 Å². The van der Waals surface area contributed by atoms with Crippen LogP contribution in [-0.2, 0) is 4.79 Å². The fourth-order valence-corrected chi connectivity index (χ4v) is 3.51. The molecule has 138 valence electrons. The Bertz CT molecular complexity index is 734. The van der Waals surface area contributed by atoms with Gasteiger partial charge in [-0.1, -0.05) is 53.5 Å². The van der Waals surface area contributed by atoms with Crippen LogP contribution in [0.3, 0.4) is 0 Å². The van der Waals surface area contributed by atoms with E-state index < -0.39 is 0 Å². The lowest BCUT2D eigenvalue weighted by molar-refractivity contribution is -0.123. The zero-order valence-electron chi connectivity index (χ0n) is 14.5. The van der Waals surface area contributed by atoms with Gasteiger partial charge in [-0.05, 0) is 43.6 Å². The van der Waals surface area contributed by atoms with Crippen molar-refractivity contribution in [3.05, 3.63) is 64.1 Å². The molecule has 0 aromatic heterocycles. The number of nitrogens with zero attached hydrogens (tertiary/aromatic N) is 1. The zero-order valence-corrected chi connectivity index (χ0v) is 16.0. The number of carbonyl (C=O) groups is 1. The van der Waals surface area contributed by atoms with Gasteiger partial charge in [-0.2, -0.15) is 0 Å². The second-order valence-corrected chi connectivity index (χ2v) is 7.18. The second-order valence-electron chi connectivity index (χ2n) is 6.34. The summed E-state index contributed by atoms with van der Waals surface area (Å²) in [5.74, 6) is 0.231. The van der Waals surface area contributed by atoms with Crippen molar-refractivity contribution >= 4 is 29.1 Å². The quantitative estimate of drug-likeness (QED) is 0.762. The molecule has 1 N–H and O–H groups in total. The monoisotopic (exact) mass is 392 g/mol. The number of amides is 1. The predicted molar refractivity (Wildman–Crippen MR) is 105 cm³/mol. The van der Waals surface area contributed by atoms with Crippen molar-refractivity contribution in [1.82, 2.24) is 10.2 Å². The Labute approximate surface area is 164 Å². The molecule has 1 heterocycles. The van der Waals surface area contributed by atoms with Gasteiger partial charge in [0.2, 0.25) is 0 Å². The number of nitrogens with one attached hydrogen (secondary N) is 1. The summed E-state index contributed by atoms with van der Waals surface area (Å²) in [6, 6.07) is 15.4. The average Bonchev–Trinajstić information content (AvgIpc) is 3.18. The van der Waals surface area contributed by atoms with E-state index in [1.54, 1.807) is 18.2 Å². The van der Waals surface area contributed by atoms with E-state index in [9.17, 15) is 4.79 Å². The molecule has 6 heteroatoms. The van der Waals surface area contributed by atoms with Gasteiger partial charge in [0.25, 0.3) is 5.91 Å². The molecule has 1 amide bonds. The molecule has 3 rings (SSSR count). The van der Waals surface area contributed by atoms with E-state index in [-0.39, 0.29) is 18.6 Å². The lowest BCUT2D eigenvalue weighted by Crippen LogP contribution is -2.38. The van der Waals surface area contributed by atoms with Crippen molar-refractivity contribution in [3.63, 3.8) is 0 Å². The lowest BCUT2D eigenvalue weighted by Gasteiger charge is -2.28. The minimum atomic E-state index is -0.179. The number of hydrogen-bond acceptors (Lipinski definition) is 3. The van der Waals surface area contributed by atoms with Gasteiger partial charge in [-0.15, -0.1) is 0 Å². The fraction of sp³-hybridized carbons (Fsp3) is 0.350. The zero-order chi connectivity index (χ0) is 18.4. The van der Waals surface area contributed by atoms with Gasteiger partial charge in [0, 0.05) is 17.6 Å². The molecule has 2 aromatic carbocycles. The first-order chi connectivity index (χ1) is 12.6. The molecular formula is C20H22Cl2N2O2. The van der Waals surface area contributed by atoms with Crippen LogP contribution in [0.2, 0.25) is 10.0 Å². The van der Waals surface area contributed by atoms with E-state index in [1.807, 2.05) is 18.2 Å². The summed E-state index contributed by atoms with van der Waals surface area (Å²) in [5.41, 5.74) is 1.22.